The lowest BCUT2D eigenvalue weighted by Crippen LogP contribution is -2.41. The van der Waals surface area contributed by atoms with Crippen molar-refractivity contribution in [3.05, 3.63) is 102 Å². The van der Waals surface area contributed by atoms with Crippen LogP contribution in [0.4, 0.5) is 0 Å². The number of ether oxygens (including phenoxy) is 1. The molecule has 184 valence electrons. The average molecular weight is 478 g/mol. The Labute approximate surface area is 205 Å². The third kappa shape index (κ3) is 6.68. The van der Waals surface area contributed by atoms with E-state index in [1.807, 2.05) is 42.5 Å². The Morgan fingerprint density at radius 1 is 0.829 bits per heavy atom. The van der Waals surface area contributed by atoms with Gasteiger partial charge in [-0.1, -0.05) is 78.9 Å². The van der Waals surface area contributed by atoms with E-state index in [0.717, 1.165) is 31.7 Å². The van der Waals surface area contributed by atoms with E-state index in [1.54, 1.807) is 0 Å². The highest BCUT2D eigenvalue weighted by Gasteiger charge is 2.49. The Balaban J connectivity index is 0.000000509. The lowest BCUT2D eigenvalue weighted by Gasteiger charge is -2.36. The van der Waals surface area contributed by atoms with Crippen LogP contribution in [0.1, 0.15) is 24.0 Å². The largest absolute Gasteiger partial charge is 0.492 e. The molecule has 0 spiro atoms. The predicted molar refractivity (Wildman–Crippen MR) is 132 cm³/mol. The molecule has 0 aliphatic heterocycles. The number of carbonyl (C=O) groups is 2. The highest BCUT2D eigenvalue weighted by molar-refractivity contribution is 6.27. The molecule has 0 unspecified atom stereocenters. The SMILES string of the molecule is O=C(O)C(=O)O.O[C@H]1[C@@H](CNCCOc2ccccc2)CCC1(c1ccccc1)c1ccccc1. The number of aliphatic hydroxyl groups is 1. The number of carboxylic acid groups (broad SMARTS) is 2. The van der Waals surface area contributed by atoms with E-state index < -0.39 is 18.0 Å². The zero-order chi connectivity index (χ0) is 25.1. The number of hydrogen-bond donors (Lipinski definition) is 4. The van der Waals surface area contributed by atoms with Crippen molar-refractivity contribution in [1.29, 1.82) is 0 Å². The molecule has 4 N–H and O–H groups in total. The minimum absolute atomic E-state index is 0.215. The Morgan fingerprint density at radius 3 is 1.80 bits per heavy atom. The summed E-state index contributed by atoms with van der Waals surface area (Å²) >= 11 is 0. The van der Waals surface area contributed by atoms with E-state index in [1.165, 1.54) is 11.1 Å². The summed E-state index contributed by atoms with van der Waals surface area (Å²) in [7, 11) is 0. The van der Waals surface area contributed by atoms with E-state index >= 15 is 0 Å². The summed E-state index contributed by atoms with van der Waals surface area (Å²) in [6, 6.07) is 30.8. The van der Waals surface area contributed by atoms with Crippen molar-refractivity contribution in [2.24, 2.45) is 5.92 Å². The molecule has 7 heteroatoms. The summed E-state index contributed by atoms with van der Waals surface area (Å²) in [5.41, 5.74) is 2.07. The highest BCUT2D eigenvalue weighted by atomic mass is 16.5. The summed E-state index contributed by atoms with van der Waals surface area (Å²) in [6.07, 6.45) is 1.53. The standard InChI is InChI=1S/C26H29NO2.C2H2O4/c28-25-21(20-27-18-19-29-24-14-8-3-9-15-24)16-17-26(25,22-10-4-1-5-11-22)23-12-6-2-7-13-23;3-1(4)2(5)6/h1-15,21,25,27-28H,16-20H2;(H,3,4)(H,5,6)/t21-,25+;/m1./s1. The smallest absolute Gasteiger partial charge is 0.414 e. The molecular formula is C28H31NO6. The molecule has 3 aromatic carbocycles. The molecule has 0 amide bonds. The number of aliphatic carboxylic acids is 2. The fraction of sp³-hybridized carbons (Fsp3) is 0.286. The molecule has 1 fully saturated rings. The maximum absolute atomic E-state index is 11.5. The molecule has 2 atom stereocenters. The van der Waals surface area contributed by atoms with Crippen LogP contribution < -0.4 is 10.1 Å². The molecule has 35 heavy (non-hydrogen) atoms. The molecule has 3 aromatic rings. The monoisotopic (exact) mass is 477 g/mol. The van der Waals surface area contributed by atoms with E-state index in [-0.39, 0.29) is 11.3 Å². The molecule has 0 radical (unpaired) electrons. The number of benzene rings is 3. The summed E-state index contributed by atoms with van der Waals surface area (Å²) in [5, 5.41) is 29.7. The van der Waals surface area contributed by atoms with Crippen molar-refractivity contribution in [3.8, 4) is 5.75 Å². The lowest BCUT2D eigenvalue weighted by molar-refractivity contribution is -0.159. The van der Waals surface area contributed by atoms with Crippen molar-refractivity contribution in [2.75, 3.05) is 19.7 Å². The first-order valence-corrected chi connectivity index (χ1v) is 11.6. The number of nitrogens with one attached hydrogen (secondary N) is 1. The second kappa shape index (κ2) is 12.7. The number of hydrogen-bond acceptors (Lipinski definition) is 5. The van der Waals surface area contributed by atoms with Gasteiger partial charge in [0.25, 0.3) is 0 Å². The zero-order valence-electron chi connectivity index (χ0n) is 19.4. The van der Waals surface area contributed by atoms with Crippen molar-refractivity contribution in [1.82, 2.24) is 5.32 Å². The normalized spacial score (nSPS) is 18.2. The van der Waals surface area contributed by atoms with Crippen LogP contribution in [0.3, 0.4) is 0 Å². The first kappa shape index (κ1) is 25.9. The minimum atomic E-state index is -1.82. The molecule has 0 heterocycles. The van der Waals surface area contributed by atoms with Gasteiger partial charge in [0, 0.05) is 18.5 Å². The number of aliphatic hydroxyl groups excluding tert-OH is 1. The summed E-state index contributed by atoms with van der Waals surface area (Å²) < 4.78 is 5.75. The number of rotatable bonds is 8. The van der Waals surface area contributed by atoms with Crippen molar-refractivity contribution in [3.63, 3.8) is 0 Å². The molecule has 4 rings (SSSR count). The summed E-state index contributed by atoms with van der Waals surface area (Å²) in [6.45, 7) is 2.18. The molecule has 1 aliphatic rings. The third-order valence-electron chi connectivity index (χ3n) is 6.32. The zero-order valence-corrected chi connectivity index (χ0v) is 19.4. The second-order valence-corrected chi connectivity index (χ2v) is 8.42. The molecule has 0 aromatic heterocycles. The van der Waals surface area contributed by atoms with E-state index in [2.05, 4.69) is 53.8 Å². The van der Waals surface area contributed by atoms with Crippen molar-refractivity contribution >= 4 is 11.9 Å². The third-order valence-corrected chi connectivity index (χ3v) is 6.32. The summed E-state index contributed by atoms with van der Waals surface area (Å²) in [4.78, 5) is 18.2. The Hall–Kier alpha value is -3.68. The second-order valence-electron chi connectivity index (χ2n) is 8.42. The van der Waals surface area contributed by atoms with Crippen LogP contribution in [0.15, 0.2) is 91.0 Å². The van der Waals surface area contributed by atoms with Gasteiger partial charge in [0.05, 0.1) is 6.10 Å². The molecule has 1 saturated carbocycles. The van der Waals surface area contributed by atoms with Crippen LogP contribution in [0.2, 0.25) is 0 Å². The van der Waals surface area contributed by atoms with E-state index in [0.29, 0.717) is 6.61 Å². The minimum Gasteiger partial charge on any atom is -0.492 e. The van der Waals surface area contributed by atoms with Crippen LogP contribution in [-0.4, -0.2) is 53.1 Å². The fourth-order valence-electron chi connectivity index (χ4n) is 4.65. The topological polar surface area (TPSA) is 116 Å². The Kier molecular flexibility index (Phi) is 9.40. The molecular weight excluding hydrogens is 446 g/mol. The van der Waals surface area contributed by atoms with Gasteiger partial charge >= 0.3 is 11.9 Å². The lowest BCUT2D eigenvalue weighted by atomic mass is 9.71. The average Bonchev–Trinajstić information content (AvgIpc) is 3.22. The van der Waals surface area contributed by atoms with Gasteiger partial charge in [-0.15, -0.1) is 0 Å². The predicted octanol–water partition coefficient (Wildman–Crippen LogP) is 3.57. The first-order chi connectivity index (χ1) is 16.9. The van der Waals surface area contributed by atoms with Gasteiger partial charge in [0.15, 0.2) is 0 Å². The molecule has 1 aliphatic carbocycles. The van der Waals surface area contributed by atoms with Crippen molar-refractivity contribution in [2.45, 2.75) is 24.4 Å². The quantitative estimate of drug-likeness (QED) is 0.290. The molecule has 7 nitrogen and oxygen atoms in total. The Morgan fingerprint density at radius 2 is 1.31 bits per heavy atom. The van der Waals surface area contributed by atoms with Gasteiger partial charge < -0.3 is 25.4 Å². The van der Waals surface area contributed by atoms with Crippen LogP contribution >= 0.6 is 0 Å². The van der Waals surface area contributed by atoms with Gasteiger partial charge in [-0.2, -0.15) is 0 Å². The highest BCUT2D eigenvalue weighted by Crippen LogP contribution is 2.48. The number of carboxylic acids is 2. The Bertz CT molecular complexity index is 1010. The van der Waals surface area contributed by atoms with E-state index in [4.69, 9.17) is 24.5 Å². The van der Waals surface area contributed by atoms with Crippen LogP contribution in [0, 0.1) is 5.92 Å². The van der Waals surface area contributed by atoms with Gasteiger partial charge in [0.1, 0.15) is 12.4 Å². The van der Waals surface area contributed by atoms with Gasteiger partial charge in [-0.05, 0) is 42.0 Å². The van der Waals surface area contributed by atoms with Crippen LogP contribution in [0.25, 0.3) is 0 Å². The summed E-state index contributed by atoms with van der Waals surface area (Å²) in [5.74, 6) is -2.54. The van der Waals surface area contributed by atoms with Crippen LogP contribution in [-0.2, 0) is 15.0 Å². The van der Waals surface area contributed by atoms with Gasteiger partial charge in [-0.3, -0.25) is 0 Å². The van der Waals surface area contributed by atoms with E-state index in [9.17, 15) is 5.11 Å². The number of para-hydroxylation sites is 1. The van der Waals surface area contributed by atoms with Gasteiger partial charge in [0.2, 0.25) is 0 Å². The maximum Gasteiger partial charge on any atom is 0.414 e. The fourth-order valence-corrected chi connectivity index (χ4v) is 4.65. The first-order valence-electron chi connectivity index (χ1n) is 11.6. The maximum atomic E-state index is 11.5. The van der Waals surface area contributed by atoms with Crippen LogP contribution in [0.5, 0.6) is 5.75 Å². The molecule has 0 bridgehead atoms. The molecule has 0 saturated heterocycles. The van der Waals surface area contributed by atoms with Gasteiger partial charge in [-0.25, -0.2) is 9.59 Å². The van der Waals surface area contributed by atoms with Crippen molar-refractivity contribution < 1.29 is 29.6 Å².